The lowest BCUT2D eigenvalue weighted by Gasteiger charge is -2.17. The van der Waals surface area contributed by atoms with Gasteiger partial charge >= 0.3 is 0 Å². The molecular weight excluding hydrogens is 358 g/mol. The van der Waals surface area contributed by atoms with Crippen LogP contribution in [-0.4, -0.2) is 24.2 Å². The van der Waals surface area contributed by atoms with E-state index < -0.39 is 0 Å². The maximum Gasteiger partial charge on any atom is 0.272 e. The first-order valence-corrected chi connectivity index (χ1v) is 9.73. The fourth-order valence-electron chi connectivity index (χ4n) is 3.04. The maximum absolute atomic E-state index is 13.4. The number of imide groups is 1. The number of hydrogen-bond acceptors (Lipinski definition) is 4. The second-order valence-corrected chi connectivity index (χ2v) is 8.37. The third-order valence-corrected chi connectivity index (χ3v) is 5.61. The molecule has 4 nitrogen and oxygen atoms in total. The summed E-state index contributed by atoms with van der Waals surface area (Å²) in [6.07, 6.45) is 0. The molecule has 0 unspecified atom stereocenters. The molecule has 0 bridgehead atoms. The quantitative estimate of drug-likeness (QED) is 0.702. The second kappa shape index (κ2) is 7.61. The fourth-order valence-corrected chi connectivity index (χ4v) is 4.02. The Balaban J connectivity index is 2.16. The van der Waals surface area contributed by atoms with Gasteiger partial charge in [-0.2, -0.15) is 0 Å². The number of anilines is 1. The first-order valence-electron chi connectivity index (χ1n) is 8.85. The highest BCUT2D eigenvalue weighted by Crippen LogP contribution is 2.42. The minimum Gasteiger partial charge on any atom is -0.496 e. The molecule has 2 aromatic carbocycles. The van der Waals surface area contributed by atoms with E-state index in [-0.39, 0.29) is 17.1 Å². The monoisotopic (exact) mass is 381 g/mol. The molecule has 0 spiro atoms. The summed E-state index contributed by atoms with van der Waals surface area (Å²) < 4.78 is 5.44. The van der Waals surface area contributed by atoms with E-state index in [0.717, 1.165) is 11.1 Å². The van der Waals surface area contributed by atoms with Gasteiger partial charge in [0.2, 0.25) is 0 Å². The summed E-state index contributed by atoms with van der Waals surface area (Å²) >= 11 is 1.41. The Morgan fingerprint density at radius 2 is 1.67 bits per heavy atom. The molecule has 1 heterocycles. The molecule has 2 aromatic rings. The Hall–Kier alpha value is -2.53. The van der Waals surface area contributed by atoms with Crippen LogP contribution in [-0.2, 0) is 9.59 Å². The average molecular weight is 381 g/mol. The van der Waals surface area contributed by atoms with E-state index >= 15 is 0 Å². The average Bonchev–Trinajstić information content (AvgIpc) is 2.87. The normalized spacial score (nSPS) is 14.5. The molecule has 0 fully saturated rings. The molecule has 5 heteroatoms. The van der Waals surface area contributed by atoms with E-state index in [1.165, 1.54) is 16.7 Å². The highest BCUT2D eigenvalue weighted by atomic mass is 32.2. The summed E-state index contributed by atoms with van der Waals surface area (Å²) in [4.78, 5) is 28.3. The number of ether oxygens (including phenoxy) is 1. The number of carbonyl (C=O) groups is 2. The molecule has 0 radical (unpaired) electrons. The van der Waals surface area contributed by atoms with Gasteiger partial charge in [-0.3, -0.25) is 9.59 Å². The number of thioether (sulfide) groups is 1. The van der Waals surface area contributed by atoms with Crippen LogP contribution in [0.25, 0.3) is 5.57 Å². The number of carbonyl (C=O) groups excluding carboxylic acids is 2. The van der Waals surface area contributed by atoms with E-state index in [0.29, 0.717) is 27.5 Å². The molecule has 1 aliphatic rings. The first kappa shape index (κ1) is 19.2. The predicted octanol–water partition coefficient (Wildman–Crippen LogP) is 4.74. The van der Waals surface area contributed by atoms with Gasteiger partial charge in [0.05, 0.1) is 23.3 Å². The van der Waals surface area contributed by atoms with Crippen LogP contribution in [0.1, 0.15) is 30.5 Å². The molecule has 0 saturated heterocycles. The second-order valence-electron chi connectivity index (χ2n) is 6.79. The van der Waals surface area contributed by atoms with Crippen LogP contribution in [0.3, 0.4) is 0 Å². The predicted molar refractivity (Wildman–Crippen MR) is 111 cm³/mol. The summed E-state index contributed by atoms with van der Waals surface area (Å²) in [5.74, 6) is -0.00351. The fraction of sp³-hybridized carbons (Fsp3) is 0.273. The SMILES string of the molecule is COc1ccccc1C1=C(SC(C)C)C(=O)N(c2ccc(C)c(C)c2)C1=O. The summed E-state index contributed by atoms with van der Waals surface area (Å²) in [5, 5.41) is 0.168. The third kappa shape index (κ3) is 3.52. The van der Waals surface area contributed by atoms with Crippen molar-refractivity contribution >= 4 is 34.8 Å². The lowest BCUT2D eigenvalue weighted by Crippen LogP contribution is -2.31. The van der Waals surface area contributed by atoms with E-state index in [4.69, 9.17) is 4.74 Å². The summed E-state index contributed by atoms with van der Waals surface area (Å²) in [6.45, 7) is 8.00. The van der Waals surface area contributed by atoms with Gasteiger partial charge in [0.15, 0.2) is 0 Å². The van der Waals surface area contributed by atoms with E-state index in [9.17, 15) is 9.59 Å². The zero-order chi connectivity index (χ0) is 19.7. The largest absolute Gasteiger partial charge is 0.496 e. The Bertz CT molecular complexity index is 946. The molecule has 0 aliphatic carbocycles. The van der Waals surface area contributed by atoms with Crippen LogP contribution in [0.2, 0.25) is 0 Å². The molecule has 1 aliphatic heterocycles. The number of aryl methyl sites for hydroxylation is 2. The van der Waals surface area contributed by atoms with Crippen LogP contribution in [0.5, 0.6) is 5.75 Å². The van der Waals surface area contributed by atoms with Crippen LogP contribution in [0.15, 0.2) is 47.4 Å². The molecule has 2 amide bonds. The van der Waals surface area contributed by atoms with Gasteiger partial charge in [-0.1, -0.05) is 38.1 Å². The smallest absolute Gasteiger partial charge is 0.272 e. The van der Waals surface area contributed by atoms with Gasteiger partial charge in [-0.05, 0) is 43.2 Å². The number of hydrogen-bond donors (Lipinski definition) is 0. The minimum atomic E-state index is -0.309. The molecule has 140 valence electrons. The molecule has 0 aromatic heterocycles. The van der Waals surface area contributed by atoms with Crippen molar-refractivity contribution in [2.75, 3.05) is 12.0 Å². The Kier molecular flexibility index (Phi) is 5.42. The maximum atomic E-state index is 13.4. The van der Waals surface area contributed by atoms with Crippen LogP contribution in [0.4, 0.5) is 5.69 Å². The Morgan fingerprint density at radius 1 is 0.963 bits per heavy atom. The number of rotatable bonds is 5. The van der Waals surface area contributed by atoms with Crippen molar-refractivity contribution < 1.29 is 14.3 Å². The highest BCUT2D eigenvalue weighted by molar-refractivity contribution is 8.04. The highest BCUT2D eigenvalue weighted by Gasteiger charge is 2.41. The Morgan fingerprint density at radius 3 is 2.30 bits per heavy atom. The number of nitrogens with zero attached hydrogens (tertiary/aromatic N) is 1. The van der Waals surface area contributed by atoms with Gasteiger partial charge in [0, 0.05) is 10.8 Å². The van der Waals surface area contributed by atoms with Gasteiger partial charge in [-0.15, -0.1) is 11.8 Å². The zero-order valence-corrected chi connectivity index (χ0v) is 17.0. The minimum absolute atomic E-state index is 0.168. The van der Waals surface area contributed by atoms with Crippen molar-refractivity contribution in [2.45, 2.75) is 32.9 Å². The van der Waals surface area contributed by atoms with Crippen molar-refractivity contribution in [1.29, 1.82) is 0 Å². The number of amides is 2. The lowest BCUT2D eigenvalue weighted by atomic mass is 10.0. The topological polar surface area (TPSA) is 46.6 Å². The lowest BCUT2D eigenvalue weighted by molar-refractivity contribution is -0.119. The van der Waals surface area contributed by atoms with Gasteiger partial charge in [0.25, 0.3) is 11.8 Å². The van der Waals surface area contributed by atoms with Crippen molar-refractivity contribution in [2.24, 2.45) is 0 Å². The van der Waals surface area contributed by atoms with Gasteiger partial charge in [-0.25, -0.2) is 4.90 Å². The van der Waals surface area contributed by atoms with E-state index in [1.807, 2.05) is 64.1 Å². The van der Waals surface area contributed by atoms with Crippen molar-refractivity contribution in [1.82, 2.24) is 0 Å². The van der Waals surface area contributed by atoms with Crippen molar-refractivity contribution in [3.8, 4) is 5.75 Å². The van der Waals surface area contributed by atoms with Crippen molar-refractivity contribution in [3.05, 3.63) is 64.1 Å². The molecule has 0 N–H and O–H groups in total. The standard InChI is InChI=1S/C22H23NO3S/c1-13(2)27-20-19(17-8-6-7-9-18(17)26-5)21(24)23(22(20)25)16-11-10-14(3)15(4)12-16/h6-13H,1-5H3. The molecular formula is C22H23NO3S. The van der Waals surface area contributed by atoms with Crippen LogP contribution in [0, 0.1) is 13.8 Å². The molecule has 3 rings (SSSR count). The third-order valence-electron chi connectivity index (χ3n) is 4.52. The van der Waals surface area contributed by atoms with Crippen molar-refractivity contribution in [3.63, 3.8) is 0 Å². The summed E-state index contributed by atoms with van der Waals surface area (Å²) in [5.41, 5.74) is 3.81. The van der Waals surface area contributed by atoms with E-state index in [2.05, 4.69) is 0 Å². The number of benzene rings is 2. The van der Waals surface area contributed by atoms with Crippen LogP contribution >= 0.6 is 11.8 Å². The molecule has 0 atom stereocenters. The van der Waals surface area contributed by atoms with Gasteiger partial charge < -0.3 is 4.74 Å². The summed E-state index contributed by atoms with van der Waals surface area (Å²) in [7, 11) is 1.57. The summed E-state index contributed by atoms with van der Waals surface area (Å²) in [6, 6.07) is 13.0. The Labute approximate surface area is 164 Å². The first-order chi connectivity index (χ1) is 12.8. The van der Waals surface area contributed by atoms with E-state index in [1.54, 1.807) is 13.2 Å². The zero-order valence-electron chi connectivity index (χ0n) is 16.2. The van der Waals surface area contributed by atoms with Crippen LogP contribution < -0.4 is 9.64 Å². The molecule has 27 heavy (non-hydrogen) atoms. The molecule has 0 saturated carbocycles. The number of para-hydroxylation sites is 1. The number of methoxy groups -OCH3 is 1. The van der Waals surface area contributed by atoms with Gasteiger partial charge in [0.1, 0.15) is 5.75 Å².